The van der Waals surface area contributed by atoms with E-state index in [1.165, 1.54) is 40.0 Å². The lowest BCUT2D eigenvalue weighted by molar-refractivity contribution is 0.0766. The lowest BCUT2D eigenvalue weighted by atomic mass is 10.1. The van der Waals surface area contributed by atoms with Crippen molar-refractivity contribution in [2.75, 3.05) is 25.2 Å². The van der Waals surface area contributed by atoms with Gasteiger partial charge in [-0.1, -0.05) is 0 Å². The summed E-state index contributed by atoms with van der Waals surface area (Å²) in [5.41, 5.74) is 0.825. The number of nitrogens with one attached hydrogen (secondary N) is 1. The lowest BCUT2D eigenvalue weighted by Gasteiger charge is -2.37. The third kappa shape index (κ3) is 4.72. The van der Waals surface area contributed by atoms with Crippen molar-refractivity contribution in [3.05, 3.63) is 47.5 Å². The largest absolute Gasteiger partial charge is 0.493 e. The highest BCUT2D eigenvalue weighted by atomic mass is 19.3. The van der Waals surface area contributed by atoms with Crippen LogP contribution < -0.4 is 19.7 Å². The number of carbonyl (C=O) groups is 1. The highest BCUT2D eigenvalue weighted by Gasteiger charge is 2.36. The number of fused-ring (bicyclic) bond motifs is 2. The third-order valence-corrected chi connectivity index (χ3v) is 5.63. The highest BCUT2D eigenvalue weighted by Crippen LogP contribution is 2.36. The fourth-order valence-corrected chi connectivity index (χ4v) is 3.60. The molecule has 3 aromatic rings. The van der Waals surface area contributed by atoms with Gasteiger partial charge < -0.3 is 19.7 Å². The summed E-state index contributed by atoms with van der Waals surface area (Å²) < 4.78 is 54.7. The van der Waals surface area contributed by atoms with Gasteiger partial charge in [-0.15, -0.1) is 0 Å². The zero-order valence-electron chi connectivity index (χ0n) is 18.2. The third-order valence-electron chi connectivity index (χ3n) is 5.63. The molecule has 1 aromatic carbocycles. The van der Waals surface area contributed by atoms with Crippen LogP contribution in [-0.2, 0) is 6.54 Å². The van der Waals surface area contributed by atoms with E-state index in [9.17, 15) is 18.0 Å². The summed E-state index contributed by atoms with van der Waals surface area (Å²) in [5, 5.41) is 7.15. The number of nitrogens with zero attached hydrogens (tertiary/aromatic N) is 4. The zero-order chi connectivity index (χ0) is 23.5. The minimum Gasteiger partial charge on any atom is -0.493 e. The maximum atomic E-state index is 14.1. The van der Waals surface area contributed by atoms with Gasteiger partial charge in [-0.2, -0.15) is 5.10 Å². The number of rotatable bonds is 9. The van der Waals surface area contributed by atoms with Gasteiger partial charge in [0.1, 0.15) is 24.2 Å². The molecule has 11 heteroatoms. The van der Waals surface area contributed by atoms with Crippen LogP contribution in [0.4, 0.5) is 19.0 Å². The normalized spacial score (nSPS) is 16.5. The minimum absolute atomic E-state index is 0.0895. The number of ether oxygens (including phenoxy) is 2. The van der Waals surface area contributed by atoms with Crippen LogP contribution in [0.25, 0.3) is 5.65 Å². The number of aromatic nitrogens is 3. The number of anilines is 1. The SMILES string of the molecule is CNC(C)CCOc1ccc(F)cc1CN1c2nc3c(C=O)cnn3cc2OCC1C(F)F. The fraction of sp³-hybridized carbons (Fsp3) is 0.409. The van der Waals surface area contributed by atoms with E-state index >= 15 is 0 Å². The average Bonchev–Trinajstić information content (AvgIpc) is 3.20. The van der Waals surface area contributed by atoms with E-state index in [4.69, 9.17) is 9.47 Å². The summed E-state index contributed by atoms with van der Waals surface area (Å²) in [6, 6.07) is 2.92. The number of hydrogen-bond acceptors (Lipinski definition) is 7. The Morgan fingerprint density at radius 2 is 2.21 bits per heavy atom. The summed E-state index contributed by atoms with van der Waals surface area (Å²) in [7, 11) is 1.84. The molecule has 4 rings (SSSR count). The molecule has 1 aliphatic rings. The van der Waals surface area contributed by atoms with Gasteiger partial charge in [0.05, 0.1) is 24.6 Å². The van der Waals surface area contributed by atoms with Gasteiger partial charge in [0, 0.05) is 18.2 Å². The van der Waals surface area contributed by atoms with Crippen molar-refractivity contribution in [3.8, 4) is 11.5 Å². The zero-order valence-corrected chi connectivity index (χ0v) is 18.2. The molecule has 0 amide bonds. The van der Waals surface area contributed by atoms with Crippen molar-refractivity contribution in [2.24, 2.45) is 0 Å². The van der Waals surface area contributed by atoms with Crippen molar-refractivity contribution in [1.82, 2.24) is 19.9 Å². The molecule has 0 saturated heterocycles. The van der Waals surface area contributed by atoms with Crippen molar-refractivity contribution < 1.29 is 27.4 Å². The molecule has 8 nitrogen and oxygen atoms in total. The summed E-state index contributed by atoms with van der Waals surface area (Å²) in [4.78, 5) is 17.1. The number of alkyl halides is 2. The molecule has 0 aliphatic carbocycles. The monoisotopic (exact) mass is 463 g/mol. The van der Waals surface area contributed by atoms with Crippen molar-refractivity contribution in [3.63, 3.8) is 0 Å². The molecule has 0 fully saturated rings. The number of halogens is 3. The Balaban J connectivity index is 1.70. The maximum absolute atomic E-state index is 14.1. The van der Waals surface area contributed by atoms with E-state index in [2.05, 4.69) is 15.4 Å². The van der Waals surface area contributed by atoms with Gasteiger partial charge in [0.15, 0.2) is 23.5 Å². The van der Waals surface area contributed by atoms with E-state index in [0.29, 0.717) is 30.6 Å². The second-order valence-corrected chi connectivity index (χ2v) is 7.83. The van der Waals surface area contributed by atoms with Crippen LogP contribution in [0.1, 0.15) is 29.3 Å². The Bertz CT molecular complexity index is 1140. The van der Waals surface area contributed by atoms with Crippen LogP contribution in [0.3, 0.4) is 0 Å². The predicted molar refractivity (Wildman–Crippen MR) is 115 cm³/mol. The Hall–Kier alpha value is -3.34. The second-order valence-electron chi connectivity index (χ2n) is 7.83. The Labute approximate surface area is 188 Å². The first-order valence-corrected chi connectivity index (χ1v) is 10.5. The average molecular weight is 463 g/mol. The van der Waals surface area contributed by atoms with Gasteiger partial charge in [-0.3, -0.25) is 4.79 Å². The topological polar surface area (TPSA) is 81.0 Å². The summed E-state index contributed by atoms with van der Waals surface area (Å²) in [6.45, 7) is 2.00. The lowest BCUT2D eigenvalue weighted by Crippen LogP contribution is -2.47. The number of aldehydes is 1. The van der Waals surface area contributed by atoms with Crippen molar-refractivity contribution in [1.29, 1.82) is 0 Å². The van der Waals surface area contributed by atoms with E-state index < -0.39 is 18.3 Å². The first-order chi connectivity index (χ1) is 15.9. The smallest absolute Gasteiger partial charge is 0.261 e. The first kappa shape index (κ1) is 22.8. The number of benzene rings is 1. The van der Waals surface area contributed by atoms with Crippen LogP contribution in [0.5, 0.6) is 11.5 Å². The van der Waals surface area contributed by atoms with Gasteiger partial charge in [-0.05, 0) is 38.6 Å². The van der Waals surface area contributed by atoms with Crippen LogP contribution in [0, 0.1) is 5.82 Å². The Morgan fingerprint density at radius 3 is 2.94 bits per heavy atom. The summed E-state index contributed by atoms with van der Waals surface area (Å²) >= 11 is 0. The highest BCUT2D eigenvalue weighted by molar-refractivity contribution is 5.84. The Morgan fingerprint density at radius 1 is 1.39 bits per heavy atom. The van der Waals surface area contributed by atoms with Crippen LogP contribution in [0.2, 0.25) is 0 Å². The van der Waals surface area contributed by atoms with Gasteiger partial charge in [0.25, 0.3) is 6.43 Å². The maximum Gasteiger partial charge on any atom is 0.261 e. The van der Waals surface area contributed by atoms with Crippen LogP contribution in [0.15, 0.2) is 30.6 Å². The standard InChI is InChI=1S/C22H24F3N5O3/c1-13(26-2)5-6-32-18-4-3-16(23)7-14(18)9-29-17(20(24)25)12-33-19-10-30-21(28-22(19)29)15(11-31)8-27-30/h3-4,7-8,10-11,13,17,20,26H,5-6,9,12H2,1-2H3. The van der Waals surface area contributed by atoms with Gasteiger partial charge in [-0.25, -0.2) is 22.7 Å². The molecule has 0 radical (unpaired) electrons. The molecule has 2 aromatic heterocycles. The quantitative estimate of drug-likeness (QED) is 0.489. The van der Waals surface area contributed by atoms with Crippen LogP contribution >= 0.6 is 0 Å². The molecule has 0 bridgehead atoms. The fourth-order valence-electron chi connectivity index (χ4n) is 3.60. The Kier molecular flexibility index (Phi) is 6.68. The van der Waals surface area contributed by atoms with E-state index in [1.54, 1.807) is 0 Å². The second kappa shape index (κ2) is 9.65. The van der Waals surface area contributed by atoms with Crippen molar-refractivity contribution in [2.45, 2.75) is 38.4 Å². The predicted octanol–water partition coefficient (Wildman–Crippen LogP) is 3.09. The minimum atomic E-state index is -2.75. The molecule has 2 atom stereocenters. The summed E-state index contributed by atoms with van der Waals surface area (Å²) in [6.07, 6.45) is 1.37. The molecule has 33 heavy (non-hydrogen) atoms. The van der Waals surface area contributed by atoms with E-state index in [0.717, 1.165) is 0 Å². The molecule has 1 aliphatic heterocycles. The molecule has 3 heterocycles. The van der Waals surface area contributed by atoms with E-state index in [-0.39, 0.29) is 42.0 Å². The molecule has 2 unspecified atom stereocenters. The molecule has 0 spiro atoms. The van der Waals surface area contributed by atoms with Gasteiger partial charge >= 0.3 is 0 Å². The summed E-state index contributed by atoms with van der Waals surface area (Å²) in [5.74, 6) is 0.258. The molecular formula is C22H24F3N5O3. The van der Waals surface area contributed by atoms with Crippen molar-refractivity contribution >= 4 is 17.8 Å². The van der Waals surface area contributed by atoms with Crippen LogP contribution in [-0.4, -0.2) is 59.7 Å². The first-order valence-electron chi connectivity index (χ1n) is 10.5. The molecule has 1 N–H and O–H groups in total. The number of hydrogen-bond donors (Lipinski definition) is 1. The number of carbonyl (C=O) groups excluding carboxylic acids is 1. The molecule has 176 valence electrons. The molecule has 0 saturated carbocycles. The van der Waals surface area contributed by atoms with E-state index in [1.807, 2.05) is 14.0 Å². The van der Waals surface area contributed by atoms with Gasteiger partial charge in [0.2, 0.25) is 0 Å². The molecular weight excluding hydrogens is 439 g/mol.